The Morgan fingerprint density at radius 3 is 2.51 bits per heavy atom. The van der Waals surface area contributed by atoms with E-state index >= 15 is 0 Å². The number of pyridine rings is 1. The molecule has 3 aromatic rings. The molecule has 1 aromatic carbocycles. The minimum Gasteiger partial charge on any atom is -0.406 e. The molecule has 0 bridgehead atoms. The smallest absolute Gasteiger partial charge is 0.406 e. The maximum atomic E-state index is 12.7. The Balaban J connectivity index is 1.28. The zero-order chi connectivity index (χ0) is 27.5. The number of anilines is 2. The predicted molar refractivity (Wildman–Crippen MR) is 139 cm³/mol. The highest BCUT2D eigenvalue weighted by Crippen LogP contribution is 2.39. The molecule has 2 N–H and O–H groups in total. The van der Waals surface area contributed by atoms with Gasteiger partial charge in [-0.05, 0) is 87.0 Å². The molecule has 1 aliphatic heterocycles. The lowest BCUT2D eigenvalue weighted by Gasteiger charge is -2.42. The molecule has 0 spiro atoms. The Hall–Kier alpha value is -3.45. The maximum absolute atomic E-state index is 12.7. The fourth-order valence-corrected chi connectivity index (χ4v) is 6.38. The van der Waals surface area contributed by atoms with E-state index in [2.05, 4.69) is 34.6 Å². The number of nitrogens with zero attached hydrogens (tertiary/aromatic N) is 4. The maximum Gasteiger partial charge on any atom is 0.573 e. The fraction of sp³-hybridized carbons (Fsp3) is 0.423. The molecule has 2 aromatic heterocycles. The van der Waals surface area contributed by atoms with Gasteiger partial charge in [0.25, 0.3) is 10.0 Å². The van der Waals surface area contributed by atoms with Gasteiger partial charge >= 0.3 is 6.36 Å². The van der Waals surface area contributed by atoms with Gasteiger partial charge in [0.05, 0.1) is 0 Å². The number of rotatable bonds is 8. The molecule has 3 heterocycles. The molecule has 0 unspecified atom stereocenters. The van der Waals surface area contributed by atoms with Crippen LogP contribution in [0, 0.1) is 0 Å². The summed E-state index contributed by atoms with van der Waals surface area (Å²) < 4.78 is 70.2. The standard InChI is InChI=1S/C26H29F3N6O3S/c27-26(28,29)38-20-5-3-4-18(14-20)19-6-8-22(23(15-19)35-12-1-2-13-35)33-24-9-7-21(16-31-24)39(36,37)34-25-10-11-30-17-32-25/h3-5,7,9-11,14,16-17,19,22-23H,1-2,6,8,12-13,15H2,(H,31,33)(H,30,32,34)/t19-,22-,23-/m0/s1. The second-order valence-electron chi connectivity index (χ2n) is 9.77. The van der Waals surface area contributed by atoms with E-state index < -0.39 is 16.4 Å². The molecule has 0 radical (unpaired) electrons. The molecule has 0 amide bonds. The van der Waals surface area contributed by atoms with Crippen LogP contribution in [0.2, 0.25) is 0 Å². The average Bonchev–Trinajstić information content (AvgIpc) is 3.44. The van der Waals surface area contributed by atoms with E-state index in [0.717, 1.165) is 50.8 Å². The lowest BCUT2D eigenvalue weighted by molar-refractivity contribution is -0.274. The van der Waals surface area contributed by atoms with Gasteiger partial charge in [-0.1, -0.05) is 12.1 Å². The summed E-state index contributed by atoms with van der Waals surface area (Å²) >= 11 is 0. The summed E-state index contributed by atoms with van der Waals surface area (Å²) in [6.07, 6.45) is 3.82. The molecule has 3 atom stereocenters. The summed E-state index contributed by atoms with van der Waals surface area (Å²) in [6.45, 7) is 1.93. The molecule has 9 nitrogen and oxygen atoms in total. The zero-order valence-corrected chi connectivity index (χ0v) is 21.8. The van der Waals surface area contributed by atoms with E-state index in [0.29, 0.717) is 5.82 Å². The van der Waals surface area contributed by atoms with E-state index in [1.165, 1.54) is 43.0 Å². The molecule has 208 valence electrons. The molecule has 5 rings (SSSR count). The first kappa shape index (κ1) is 27.1. The first-order valence-electron chi connectivity index (χ1n) is 12.8. The van der Waals surface area contributed by atoms with Crippen LogP contribution >= 0.6 is 0 Å². The Morgan fingerprint density at radius 1 is 1.00 bits per heavy atom. The van der Waals surface area contributed by atoms with Gasteiger partial charge in [0, 0.05) is 24.5 Å². The second kappa shape index (κ2) is 11.3. The first-order valence-corrected chi connectivity index (χ1v) is 14.3. The van der Waals surface area contributed by atoms with Crippen molar-refractivity contribution in [2.24, 2.45) is 0 Å². The number of ether oxygens (including phenoxy) is 1. The number of hydrogen-bond acceptors (Lipinski definition) is 8. The predicted octanol–water partition coefficient (Wildman–Crippen LogP) is 4.78. The Morgan fingerprint density at radius 2 is 1.82 bits per heavy atom. The number of alkyl halides is 3. The van der Waals surface area contributed by atoms with Gasteiger partial charge in [0.2, 0.25) is 0 Å². The highest BCUT2D eigenvalue weighted by molar-refractivity contribution is 7.92. The largest absolute Gasteiger partial charge is 0.573 e. The third-order valence-electron chi connectivity index (χ3n) is 7.19. The van der Waals surface area contributed by atoms with E-state index in [9.17, 15) is 21.6 Å². The minimum absolute atomic E-state index is 0.00687. The summed E-state index contributed by atoms with van der Waals surface area (Å²) in [7, 11) is -3.86. The van der Waals surface area contributed by atoms with Crippen LogP contribution in [0.1, 0.15) is 43.6 Å². The van der Waals surface area contributed by atoms with Crippen LogP contribution in [0.5, 0.6) is 5.75 Å². The molecule has 13 heteroatoms. The van der Waals surface area contributed by atoms with Crippen LogP contribution in [-0.2, 0) is 10.0 Å². The van der Waals surface area contributed by atoms with E-state index in [4.69, 9.17) is 0 Å². The molecule has 39 heavy (non-hydrogen) atoms. The van der Waals surface area contributed by atoms with Gasteiger partial charge < -0.3 is 10.1 Å². The molecule has 1 saturated carbocycles. The minimum atomic E-state index is -4.73. The van der Waals surface area contributed by atoms with Gasteiger partial charge in [0.1, 0.15) is 28.6 Å². The number of aromatic nitrogens is 3. The van der Waals surface area contributed by atoms with Crippen molar-refractivity contribution in [1.29, 1.82) is 0 Å². The van der Waals surface area contributed by atoms with Crippen molar-refractivity contribution in [3.8, 4) is 5.75 Å². The van der Waals surface area contributed by atoms with Gasteiger partial charge in [-0.2, -0.15) is 0 Å². The van der Waals surface area contributed by atoms with Crippen molar-refractivity contribution in [1.82, 2.24) is 19.9 Å². The molecule has 2 aliphatic rings. The zero-order valence-electron chi connectivity index (χ0n) is 21.0. The SMILES string of the molecule is O=S(=O)(Nc1ccncn1)c1ccc(N[C@H]2CC[C@H](c3cccc(OC(F)(F)F)c3)C[C@@H]2N2CCCC2)nc1. The van der Waals surface area contributed by atoms with Gasteiger partial charge in [-0.15, -0.1) is 13.2 Å². The summed E-state index contributed by atoms with van der Waals surface area (Å²) in [5.74, 6) is 0.613. The number of nitrogens with one attached hydrogen (secondary N) is 2. The van der Waals surface area contributed by atoms with E-state index in [1.807, 2.05) is 6.07 Å². The highest BCUT2D eigenvalue weighted by atomic mass is 32.2. The number of sulfonamides is 1. The Bertz CT molecular complexity index is 1350. The number of hydrogen-bond donors (Lipinski definition) is 2. The third-order valence-corrected chi connectivity index (χ3v) is 8.53. The van der Waals surface area contributed by atoms with Crippen molar-refractivity contribution in [2.75, 3.05) is 23.1 Å². The molecular formula is C26H29F3N6O3S. The Kier molecular flexibility index (Phi) is 7.89. The Labute approximate surface area is 224 Å². The lowest BCUT2D eigenvalue weighted by atomic mass is 9.78. The van der Waals surface area contributed by atoms with Gasteiger partial charge in [-0.3, -0.25) is 9.62 Å². The van der Waals surface area contributed by atoms with Crippen LogP contribution in [-0.4, -0.2) is 59.8 Å². The topological polar surface area (TPSA) is 109 Å². The van der Waals surface area contributed by atoms with Crippen LogP contribution in [0.3, 0.4) is 0 Å². The van der Waals surface area contributed by atoms with Gasteiger partial charge in [-0.25, -0.2) is 23.4 Å². The fourth-order valence-electron chi connectivity index (χ4n) is 5.42. The monoisotopic (exact) mass is 562 g/mol. The van der Waals surface area contributed by atoms with Crippen LogP contribution in [0.25, 0.3) is 0 Å². The summed E-state index contributed by atoms with van der Waals surface area (Å²) in [4.78, 5) is 14.5. The number of likely N-dealkylation sites (tertiary alicyclic amines) is 1. The second-order valence-corrected chi connectivity index (χ2v) is 11.5. The van der Waals surface area contributed by atoms with E-state index in [1.54, 1.807) is 12.1 Å². The van der Waals surface area contributed by atoms with Crippen molar-refractivity contribution in [2.45, 2.75) is 61.4 Å². The summed E-state index contributed by atoms with van der Waals surface area (Å²) in [6, 6.07) is 11.1. The number of benzene rings is 1. The van der Waals surface area contributed by atoms with Crippen molar-refractivity contribution < 1.29 is 26.3 Å². The summed E-state index contributed by atoms with van der Waals surface area (Å²) in [5, 5.41) is 3.49. The van der Waals surface area contributed by atoms with Crippen molar-refractivity contribution in [3.05, 3.63) is 66.7 Å². The highest BCUT2D eigenvalue weighted by Gasteiger charge is 2.37. The van der Waals surface area contributed by atoms with Gasteiger partial charge in [0.15, 0.2) is 0 Å². The molecule has 1 aliphatic carbocycles. The van der Waals surface area contributed by atoms with Crippen LogP contribution in [0.15, 0.2) is 66.1 Å². The quantitative estimate of drug-likeness (QED) is 0.404. The molecular weight excluding hydrogens is 533 g/mol. The first-order chi connectivity index (χ1) is 18.7. The molecule has 2 fully saturated rings. The van der Waals surface area contributed by atoms with E-state index in [-0.39, 0.29) is 34.5 Å². The number of halogens is 3. The van der Waals surface area contributed by atoms with Crippen molar-refractivity contribution >= 4 is 21.7 Å². The lowest BCUT2D eigenvalue weighted by Crippen LogP contribution is -2.49. The third kappa shape index (κ3) is 6.95. The van der Waals surface area contributed by atoms with Crippen LogP contribution in [0.4, 0.5) is 24.8 Å². The van der Waals surface area contributed by atoms with Crippen molar-refractivity contribution in [3.63, 3.8) is 0 Å². The molecule has 1 saturated heterocycles. The normalized spacial score (nSPS) is 22.4. The summed E-state index contributed by atoms with van der Waals surface area (Å²) in [5.41, 5.74) is 0.836. The average molecular weight is 563 g/mol. The van der Waals surface area contributed by atoms with Crippen LogP contribution < -0.4 is 14.8 Å².